The van der Waals surface area contributed by atoms with Crippen LogP contribution in [-0.4, -0.2) is 67.5 Å². The summed E-state index contributed by atoms with van der Waals surface area (Å²) in [5, 5.41) is 0.703. The highest BCUT2D eigenvalue weighted by atomic mass is 32.2. The number of benzene rings is 2. The molecule has 0 aliphatic carbocycles. The summed E-state index contributed by atoms with van der Waals surface area (Å²) in [7, 11) is -4.22. The van der Waals surface area contributed by atoms with E-state index in [0.29, 0.717) is 30.6 Å². The Kier molecular flexibility index (Phi) is 8.09. The van der Waals surface area contributed by atoms with Crippen molar-refractivity contribution in [3.8, 4) is 0 Å². The number of rotatable bonds is 7. The van der Waals surface area contributed by atoms with E-state index >= 15 is 0 Å². The minimum atomic E-state index is -4.22. The maximum atomic E-state index is 13.5. The summed E-state index contributed by atoms with van der Waals surface area (Å²) in [4.78, 5) is 41.7. The first kappa shape index (κ1) is 25.4. The van der Waals surface area contributed by atoms with Crippen molar-refractivity contribution in [2.24, 2.45) is 0 Å². The van der Waals surface area contributed by atoms with Crippen molar-refractivity contribution in [3.63, 3.8) is 0 Å². The number of sulfone groups is 1. The van der Waals surface area contributed by atoms with Crippen LogP contribution in [0.5, 0.6) is 0 Å². The zero-order chi connectivity index (χ0) is 24.9. The van der Waals surface area contributed by atoms with Gasteiger partial charge in [0.2, 0.25) is 21.1 Å². The molecule has 2 aromatic rings. The lowest BCUT2D eigenvalue weighted by Crippen LogP contribution is -2.57. The van der Waals surface area contributed by atoms with Gasteiger partial charge in [-0.2, -0.15) is 0 Å². The topological polar surface area (TPSA) is 104 Å². The molecule has 0 bridgehead atoms. The van der Waals surface area contributed by atoms with Crippen molar-refractivity contribution in [1.82, 2.24) is 15.1 Å². The van der Waals surface area contributed by atoms with Gasteiger partial charge in [0.05, 0.1) is 4.90 Å². The van der Waals surface area contributed by atoms with Gasteiger partial charge in [-0.25, -0.2) is 8.42 Å². The maximum absolute atomic E-state index is 13.5. The normalized spacial score (nSPS) is 15.0. The van der Waals surface area contributed by atoms with Crippen LogP contribution in [0.4, 0.5) is 0 Å². The predicted octanol–water partition coefficient (Wildman–Crippen LogP) is 2.30. The summed E-state index contributed by atoms with van der Waals surface area (Å²) in [6.07, 6.45) is 1.17. The number of piperazine rings is 1. The quantitative estimate of drug-likeness (QED) is 0.648. The van der Waals surface area contributed by atoms with Gasteiger partial charge in [-0.1, -0.05) is 42.8 Å². The molecule has 1 fully saturated rings. The zero-order valence-electron chi connectivity index (χ0n) is 19.8. The zero-order valence-corrected chi connectivity index (χ0v) is 20.6. The van der Waals surface area contributed by atoms with Gasteiger partial charge in [0.25, 0.3) is 11.8 Å². The number of hydrogen-bond donors (Lipinski definition) is 1. The Bertz CT molecular complexity index is 1150. The van der Waals surface area contributed by atoms with E-state index in [-0.39, 0.29) is 23.9 Å². The van der Waals surface area contributed by atoms with Crippen LogP contribution in [0.2, 0.25) is 0 Å². The smallest absolute Gasteiger partial charge is 0.261 e. The van der Waals surface area contributed by atoms with Crippen LogP contribution in [0.15, 0.2) is 53.4 Å². The standard InChI is InChI=1S/C25H31N3O5S/c1-4-7-22(29)27-14-16-28(17-15-27)25(31)24(26-23(30)21-9-6-5-8-19(21)3)34(32,33)20-12-10-18(2)11-13-20/h5-6,8-13,24H,4,7,14-17H2,1-3H3,(H,26,30)/t24-/m0/s1. The fourth-order valence-electron chi connectivity index (χ4n) is 3.87. The first-order valence-corrected chi connectivity index (χ1v) is 12.9. The summed E-state index contributed by atoms with van der Waals surface area (Å²) in [5.74, 6) is -1.32. The van der Waals surface area contributed by atoms with Crippen molar-refractivity contribution < 1.29 is 22.8 Å². The molecule has 3 rings (SSSR count). The minimum Gasteiger partial charge on any atom is -0.339 e. The Hall–Kier alpha value is -3.20. The second-order valence-corrected chi connectivity index (χ2v) is 10.5. The van der Waals surface area contributed by atoms with E-state index in [4.69, 9.17) is 0 Å². The fourth-order valence-corrected chi connectivity index (χ4v) is 5.34. The number of amides is 3. The molecule has 9 heteroatoms. The van der Waals surface area contributed by atoms with Gasteiger partial charge in [-0.05, 0) is 44.0 Å². The van der Waals surface area contributed by atoms with Crippen LogP contribution in [0.25, 0.3) is 0 Å². The fraction of sp³-hybridized carbons (Fsp3) is 0.400. The van der Waals surface area contributed by atoms with Crippen molar-refractivity contribution in [3.05, 3.63) is 65.2 Å². The lowest BCUT2D eigenvalue weighted by molar-refractivity contribution is -0.139. The maximum Gasteiger partial charge on any atom is 0.261 e. The average Bonchev–Trinajstić information content (AvgIpc) is 2.82. The van der Waals surface area contributed by atoms with E-state index in [1.807, 2.05) is 13.8 Å². The molecule has 1 saturated heterocycles. The van der Waals surface area contributed by atoms with Gasteiger partial charge in [-0.15, -0.1) is 0 Å². The molecule has 0 aromatic heterocycles. The summed E-state index contributed by atoms with van der Waals surface area (Å²) < 4.78 is 27.0. The van der Waals surface area contributed by atoms with E-state index in [1.165, 1.54) is 17.0 Å². The largest absolute Gasteiger partial charge is 0.339 e. The van der Waals surface area contributed by atoms with E-state index in [0.717, 1.165) is 12.0 Å². The van der Waals surface area contributed by atoms with E-state index in [2.05, 4.69) is 5.32 Å². The van der Waals surface area contributed by atoms with Crippen molar-refractivity contribution >= 4 is 27.6 Å². The predicted molar refractivity (Wildman–Crippen MR) is 129 cm³/mol. The van der Waals surface area contributed by atoms with Crippen LogP contribution in [0.1, 0.15) is 41.3 Å². The van der Waals surface area contributed by atoms with Crippen molar-refractivity contribution in [2.45, 2.75) is 43.9 Å². The lowest BCUT2D eigenvalue weighted by atomic mass is 10.1. The monoisotopic (exact) mass is 485 g/mol. The molecule has 182 valence electrons. The Morgan fingerprint density at radius 1 is 0.912 bits per heavy atom. The minimum absolute atomic E-state index is 0.0197. The first-order chi connectivity index (χ1) is 16.1. The molecule has 0 saturated carbocycles. The molecule has 1 aliphatic heterocycles. The molecule has 1 aliphatic rings. The van der Waals surface area contributed by atoms with Gasteiger partial charge >= 0.3 is 0 Å². The molecular formula is C25H31N3O5S. The molecule has 2 aromatic carbocycles. The van der Waals surface area contributed by atoms with Gasteiger partial charge < -0.3 is 15.1 Å². The van der Waals surface area contributed by atoms with E-state index < -0.39 is 27.0 Å². The first-order valence-electron chi connectivity index (χ1n) is 11.4. The molecule has 3 amide bonds. The summed E-state index contributed by atoms with van der Waals surface area (Å²) in [5.41, 5.74) is 1.84. The van der Waals surface area contributed by atoms with Gasteiger partial charge in [0.1, 0.15) is 0 Å². The van der Waals surface area contributed by atoms with Gasteiger partial charge in [-0.3, -0.25) is 14.4 Å². The molecule has 1 N–H and O–H groups in total. The number of carbonyl (C=O) groups excluding carboxylic acids is 3. The third kappa shape index (κ3) is 5.64. The number of nitrogens with zero attached hydrogens (tertiary/aromatic N) is 2. The summed E-state index contributed by atoms with van der Waals surface area (Å²) in [6.45, 7) is 6.56. The number of hydrogen-bond acceptors (Lipinski definition) is 5. The van der Waals surface area contributed by atoms with Gasteiger partial charge in [0, 0.05) is 38.2 Å². The van der Waals surface area contributed by atoms with Crippen molar-refractivity contribution in [2.75, 3.05) is 26.2 Å². The number of nitrogens with one attached hydrogen (secondary N) is 1. The highest BCUT2D eigenvalue weighted by molar-refractivity contribution is 7.92. The van der Waals surface area contributed by atoms with Gasteiger partial charge in [0.15, 0.2) is 0 Å². The van der Waals surface area contributed by atoms with Crippen LogP contribution in [-0.2, 0) is 19.4 Å². The third-order valence-electron chi connectivity index (χ3n) is 5.94. The highest BCUT2D eigenvalue weighted by Gasteiger charge is 2.39. The molecule has 8 nitrogen and oxygen atoms in total. The summed E-state index contributed by atoms with van der Waals surface area (Å²) >= 11 is 0. The molecule has 1 atom stereocenters. The number of carbonyl (C=O) groups is 3. The average molecular weight is 486 g/mol. The van der Waals surface area contributed by atoms with E-state index in [9.17, 15) is 22.8 Å². The molecule has 0 spiro atoms. The van der Waals surface area contributed by atoms with Crippen LogP contribution in [0.3, 0.4) is 0 Å². The van der Waals surface area contributed by atoms with Crippen LogP contribution in [0, 0.1) is 13.8 Å². The Morgan fingerprint density at radius 2 is 1.50 bits per heavy atom. The SMILES string of the molecule is CCCC(=O)N1CCN(C(=O)[C@@H](NC(=O)c2ccccc2C)S(=O)(=O)c2ccc(C)cc2)CC1. The Morgan fingerprint density at radius 3 is 2.09 bits per heavy atom. The van der Waals surface area contributed by atoms with Crippen molar-refractivity contribution in [1.29, 1.82) is 0 Å². The van der Waals surface area contributed by atoms with Crippen LogP contribution < -0.4 is 5.32 Å². The second-order valence-electron chi connectivity index (χ2n) is 8.48. The molecular weight excluding hydrogens is 454 g/mol. The lowest BCUT2D eigenvalue weighted by Gasteiger charge is -2.36. The second kappa shape index (κ2) is 10.8. The Labute approximate surface area is 200 Å². The molecule has 0 radical (unpaired) electrons. The number of aryl methyl sites for hydroxylation is 2. The summed E-state index contributed by atoms with van der Waals surface area (Å²) in [6, 6.07) is 13.0. The Balaban J connectivity index is 1.88. The third-order valence-corrected chi connectivity index (χ3v) is 7.81. The van der Waals surface area contributed by atoms with E-state index in [1.54, 1.807) is 48.2 Å². The molecule has 1 heterocycles. The molecule has 0 unspecified atom stereocenters. The highest BCUT2D eigenvalue weighted by Crippen LogP contribution is 2.19. The van der Waals surface area contributed by atoms with Crippen LogP contribution >= 0.6 is 0 Å². The molecule has 34 heavy (non-hydrogen) atoms.